The Labute approximate surface area is 159 Å². The standard InChI is InChI=1S/C21H25N3O3/c1-7-13-16(19(27-23-13)21(2,3)4)17-15(18(25)20(22)26)12-10-8-9-11-14(12)24(17,5)6/h8-11H,7H2,1-6H3,(H-,22,26)/p+1. The number of hydrogen-bond donors (Lipinski definition) is 1. The number of carbonyl (C=O) groups excluding carboxylic acids is 2. The normalized spacial score (nSPS) is 15.8. The fourth-order valence-electron chi connectivity index (χ4n) is 3.78. The summed E-state index contributed by atoms with van der Waals surface area (Å²) in [4.78, 5) is 24.7. The lowest BCUT2D eigenvalue weighted by Crippen LogP contribution is -2.38. The first-order valence-corrected chi connectivity index (χ1v) is 9.04. The van der Waals surface area contributed by atoms with Crippen molar-refractivity contribution < 1.29 is 14.1 Å². The molecule has 27 heavy (non-hydrogen) atoms. The fourth-order valence-corrected chi connectivity index (χ4v) is 3.78. The maximum absolute atomic E-state index is 12.9. The molecule has 0 atom stereocenters. The third-order valence-corrected chi connectivity index (χ3v) is 5.04. The number of rotatable bonds is 4. The van der Waals surface area contributed by atoms with Gasteiger partial charge in [-0.25, -0.2) is 0 Å². The van der Waals surface area contributed by atoms with Gasteiger partial charge in [0.05, 0.1) is 25.4 Å². The van der Waals surface area contributed by atoms with Gasteiger partial charge in [-0.3, -0.25) is 14.1 Å². The molecule has 1 aliphatic rings. The smallest absolute Gasteiger partial charge is 0.290 e. The highest BCUT2D eigenvalue weighted by Crippen LogP contribution is 2.50. The van der Waals surface area contributed by atoms with Crippen molar-refractivity contribution in [3.05, 3.63) is 46.8 Å². The van der Waals surface area contributed by atoms with Gasteiger partial charge in [0.2, 0.25) is 0 Å². The molecule has 0 unspecified atom stereocenters. The number of hydrogen-bond acceptors (Lipinski definition) is 4. The summed E-state index contributed by atoms with van der Waals surface area (Å²) < 4.78 is 6.03. The third kappa shape index (κ3) is 2.80. The van der Waals surface area contributed by atoms with E-state index in [1.54, 1.807) is 0 Å². The van der Waals surface area contributed by atoms with Crippen molar-refractivity contribution in [2.75, 3.05) is 14.1 Å². The molecule has 1 amide bonds. The highest BCUT2D eigenvalue weighted by molar-refractivity contribution is 6.56. The number of amides is 1. The van der Waals surface area contributed by atoms with E-state index in [9.17, 15) is 9.59 Å². The molecule has 0 aliphatic carbocycles. The number of Topliss-reactive ketones (excluding diaryl/α,β-unsaturated/α-hetero) is 1. The van der Waals surface area contributed by atoms with Gasteiger partial charge in [-0.1, -0.05) is 45.0 Å². The third-order valence-electron chi connectivity index (χ3n) is 5.04. The SMILES string of the molecule is CCc1noc(C(C)(C)C)c1C1=C(C(=O)C(N)=O)c2ccccc2[N+]1(C)C. The van der Waals surface area contributed by atoms with E-state index in [0.29, 0.717) is 27.9 Å². The Balaban J connectivity index is 2.46. The molecule has 3 rings (SSSR count). The van der Waals surface area contributed by atoms with Crippen LogP contribution in [0.25, 0.3) is 11.3 Å². The lowest BCUT2D eigenvalue weighted by molar-refractivity contribution is -0.132. The average Bonchev–Trinajstić information content (AvgIpc) is 3.10. The summed E-state index contributed by atoms with van der Waals surface area (Å²) in [5.74, 6) is -0.960. The minimum atomic E-state index is -0.967. The van der Waals surface area contributed by atoms with Crippen LogP contribution in [0.15, 0.2) is 28.8 Å². The molecule has 2 N–H and O–H groups in total. The van der Waals surface area contributed by atoms with Gasteiger partial charge >= 0.3 is 0 Å². The summed E-state index contributed by atoms with van der Waals surface area (Å²) >= 11 is 0. The monoisotopic (exact) mass is 368 g/mol. The van der Waals surface area contributed by atoms with Gasteiger partial charge in [-0.2, -0.15) is 0 Å². The van der Waals surface area contributed by atoms with Gasteiger partial charge < -0.3 is 10.3 Å². The van der Waals surface area contributed by atoms with Crippen molar-refractivity contribution in [3.63, 3.8) is 0 Å². The second-order valence-electron chi connectivity index (χ2n) is 8.32. The largest absolute Gasteiger partial charge is 0.363 e. The molecule has 1 aliphatic heterocycles. The number of aromatic nitrogens is 1. The van der Waals surface area contributed by atoms with E-state index in [2.05, 4.69) is 5.16 Å². The number of para-hydroxylation sites is 1. The Morgan fingerprint density at radius 2 is 1.81 bits per heavy atom. The van der Waals surface area contributed by atoms with Gasteiger partial charge in [0.15, 0.2) is 11.5 Å². The number of fused-ring (bicyclic) bond motifs is 1. The molecule has 1 aromatic heterocycles. The Hall–Kier alpha value is -2.73. The van der Waals surface area contributed by atoms with Crippen LogP contribution in [0.4, 0.5) is 5.69 Å². The van der Waals surface area contributed by atoms with E-state index in [0.717, 1.165) is 22.5 Å². The van der Waals surface area contributed by atoms with E-state index in [1.807, 2.05) is 66.1 Å². The van der Waals surface area contributed by atoms with E-state index in [4.69, 9.17) is 10.3 Å². The number of carbonyl (C=O) groups is 2. The van der Waals surface area contributed by atoms with Crippen molar-refractivity contribution in [1.29, 1.82) is 0 Å². The minimum absolute atomic E-state index is 0.307. The molecule has 0 fully saturated rings. The van der Waals surface area contributed by atoms with Crippen LogP contribution in [0, 0.1) is 0 Å². The Bertz CT molecular complexity index is 975. The second kappa shape index (κ2) is 6.16. The number of benzene rings is 1. The molecular formula is C21H26N3O3+. The molecule has 0 spiro atoms. The molecule has 2 heterocycles. The summed E-state index contributed by atoms with van der Waals surface area (Å²) in [6, 6.07) is 7.60. The number of nitrogens with zero attached hydrogens (tertiary/aromatic N) is 2. The van der Waals surface area contributed by atoms with Crippen LogP contribution < -0.4 is 10.2 Å². The molecule has 6 nitrogen and oxygen atoms in total. The van der Waals surface area contributed by atoms with Gasteiger partial charge in [-0.15, -0.1) is 0 Å². The highest BCUT2D eigenvalue weighted by Gasteiger charge is 2.47. The van der Waals surface area contributed by atoms with Crippen LogP contribution in [0.1, 0.15) is 50.3 Å². The number of primary amides is 1. The summed E-state index contributed by atoms with van der Waals surface area (Å²) in [6.07, 6.45) is 0.646. The molecule has 0 saturated carbocycles. The van der Waals surface area contributed by atoms with Crippen LogP contribution >= 0.6 is 0 Å². The summed E-state index contributed by atoms with van der Waals surface area (Å²) in [5, 5.41) is 4.27. The predicted molar refractivity (Wildman–Crippen MR) is 106 cm³/mol. The quantitative estimate of drug-likeness (QED) is 0.664. The highest BCUT2D eigenvalue weighted by atomic mass is 16.5. The number of aryl methyl sites for hydroxylation is 1. The second-order valence-corrected chi connectivity index (χ2v) is 8.32. The lowest BCUT2D eigenvalue weighted by Gasteiger charge is -2.29. The van der Waals surface area contributed by atoms with Gasteiger partial charge in [0, 0.05) is 11.5 Å². The lowest BCUT2D eigenvalue weighted by atomic mass is 9.86. The average molecular weight is 368 g/mol. The number of ketones is 1. The molecule has 0 radical (unpaired) electrons. The van der Waals surface area contributed by atoms with Crippen molar-refractivity contribution >= 4 is 28.6 Å². The van der Waals surface area contributed by atoms with Crippen LogP contribution in [0.3, 0.4) is 0 Å². The van der Waals surface area contributed by atoms with Crippen LogP contribution in [0.5, 0.6) is 0 Å². The van der Waals surface area contributed by atoms with Gasteiger partial charge in [0.25, 0.3) is 11.7 Å². The number of quaternary nitrogens is 1. The van der Waals surface area contributed by atoms with E-state index >= 15 is 0 Å². The predicted octanol–water partition coefficient (Wildman–Crippen LogP) is 3.04. The summed E-state index contributed by atoms with van der Waals surface area (Å²) in [5.41, 5.74) is 9.36. The fraction of sp³-hybridized carbons (Fsp3) is 0.381. The van der Waals surface area contributed by atoms with E-state index in [-0.39, 0.29) is 5.41 Å². The Morgan fingerprint density at radius 3 is 2.37 bits per heavy atom. The maximum Gasteiger partial charge on any atom is 0.290 e. The zero-order valence-corrected chi connectivity index (χ0v) is 16.7. The van der Waals surface area contributed by atoms with Gasteiger partial charge in [0.1, 0.15) is 16.8 Å². The first kappa shape index (κ1) is 19.0. The van der Waals surface area contributed by atoms with Crippen molar-refractivity contribution in [3.8, 4) is 0 Å². The first-order valence-electron chi connectivity index (χ1n) is 9.04. The Morgan fingerprint density at radius 1 is 1.19 bits per heavy atom. The molecule has 0 bridgehead atoms. The molecule has 2 aromatic rings. The molecule has 142 valence electrons. The summed E-state index contributed by atoms with van der Waals surface area (Å²) in [6.45, 7) is 8.10. The van der Waals surface area contributed by atoms with Gasteiger partial charge in [-0.05, 0) is 12.5 Å². The topological polar surface area (TPSA) is 86.2 Å². The van der Waals surface area contributed by atoms with Crippen LogP contribution in [-0.2, 0) is 21.4 Å². The van der Waals surface area contributed by atoms with Crippen LogP contribution in [-0.4, -0.2) is 30.9 Å². The summed E-state index contributed by atoms with van der Waals surface area (Å²) in [7, 11) is 3.99. The van der Waals surface area contributed by atoms with Crippen molar-refractivity contribution in [2.24, 2.45) is 5.73 Å². The maximum atomic E-state index is 12.9. The molecule has 1 aromatic carbocycles. The van der Waals surface area contributed by atoms with Crippen molar-refractivity contribution in [2.45, 2.75) is 39.5 Å². The molecular weight excluding hydrogens is 342 g/mol. The Kier molecular flexibility index (Phi) is 4.35. The zero-order chi connectivity index (χ0) is 20.1. The zero-order valence-electron chi connectivity index (χ0n) is 16.7. The van der Waals surface area contributed by atoms with E-state index in [1.165, 1.54) is 0 Å². The minimum Gasteiger partial charge on any atom is -0.363 e. The first-order chi connectivity index (χ1) is 12.5. The molecule has 0 saturated heterocycles. The van der Waals surface area contributed by atoms with Crippen LogP contribution in [0.2, 0.25) is 0 Å². The van der Waals surface area contributed by atoms with E-state index < -0.39 is 11.7 Å². The number of nitrogens with two attached hydrogens (primary N) is 1. The van der Waals surface area contributed by atoms with Crippen molar-refractivity contribution in [1.82, 2.24) is 9.64 Å². The molecule has 6 heteroatoms.